The highest BCUT2D eigenvalue weighted by atomic mass is 16.3. The number of hydrogen-bond acceptors (Lipinski definition) is 5. The van der Waals surface area contributed by atoms with Crippen molar-refractivity contribution < 1.29 is 14.0 Å². The van der Waals surface area contributed by atoms with E-state index in [1.165, 1.54) is 11.8 Å². The number of amides is 2. The van der Waals surface area contributed by atoms with Crippen LogP contribution in [0.5, 0.6) is 0 Å². The second-order valence-corrected chi connectivity index (χ2v) is 6.93. The van der Waals surface area contributed by atoms with E-state index in [4.69, 9.17) is 4.42 Å². The molecule has 1 aromatic carbocycles. The molecule has 3 aromatic rings. The van der Waals surface area contributed by atoms with Gasteiger partial charge in [0.2, 0.25) is 0 Å². The van der Waals surface area contributed by atoms with Crippen molar-refractivity contribution in [2.45, 2.75) is 6.54 Å². The van der Waals surface area contributed by atoms with Crippen LogP contribution < -0.4 is 5.32 Å². The summed E-state index contributed by atoms with van der Waals surface area (Å²) in [5.74, 6) is -0.0633. The molecule has 3 heterocycles. The topological polar surface area (TPSA) is 78.7 Å². The molecule has 1 saturated heterocycles. The van der Waals surface area contributed by atoms with Crippen LogP contribution in [0.25, 0.3) is 0 Å². The molecular formula is C22H22N4O3. The summed E-state index contributed by atoms with van der Waals surface area (Å²) in [5.41, 5.74) is 2.46. The first-order valence-corrected chi connectivity index (χ1v) is 9.54. The van der Waals surface area contributed by atoms with Crippen molar-refractivity contribution in [3.63, 3.8) is 0 Å². The molecule has 2 amide bonds. The van der Waals surface area contributed by atoms with Crippen LogP contribution >= 0.6 is 0 Å². The zero-order valence-electron chi connectivity index (χ0n) is 16.0. The normalized spacial score (nSPS) is 14.6. The third-order valence-electron chi connectivity index (χ3n) is 4.95. The van der Waals surface area contributed by atoms with Gasteiger partial charge in [-0.05, 0) is 54.1 Å². The predicted molar refractivity (Wildman–Crippen MR) is 109 cm³/mol. The summed E-state index contributed by atoms with van der Waals surface area (Å²) < 4.78 is 5.07. The van der Waals surface area contributed by atoms with Gasteiger partial charge < -0.3 is 14.6 Å². The molecule has 4 rings (SSSR count). The lowest BCUT2D eigenvalue weighted by molar-refractivity contribution is 0.0628. The van der Waals surface area contributed by atoms with Gasteiger partial charge in [-0.25, -0.2) is 0 Å². The van der Waals surface area contributed by atoms with Gasteiger partial charge in [-0.15, -0.1) is 0 Å². The van der Waals surface area contributed by atoms with E-state index in [9.17, 15) is 9.59 Å². The molecule has 0 aliphatic carbocycles. The van der Waals surface area contributed by atoms with Gasteiger partial charge in [-0.2, -0.15) is 0 Å². The first-order chi connectivity index (χ1) is 14.2. The number of aromatic nitrogens is 1. The van der Waals surface area contributed by atoms with Gasteiger partial charge in [-0.1, -0.05) is 0 Å². The molecular weight excluding hydrogens is 368 g/mol. The number of anilines is 1. The second-order valence-electron chi connectivity index (χ2n) is 6.93. The Morgan fingerprint density at radius 1 is 0.966 bits per heavy atom. The summed E-state index contributed by atoms with van der Waals surface area (Å²) in [5, 5.41) is 2.75. The number of piperazine rings is 1. The SMILES string of the molecule is O=C(Nc1ccc(C(=O)N2CCN(Cc3ccncc3)CC2)cc1)c1ccco1. The molecule has 1 N–H and O–H groups in total. The lowest BCUT2D eigenvalue weighted by atomic mass is 10.1. The quantitative estimate of drug-likeness (QED) is 0.725. The molecule has 29 heavy (non-hydrogen) atoms. The van der Waals surface area contributed by atoms with Crippen molar-refractivity contribution in [3.8, 4) is 0 Å². The fraction of sp³-hybridized carbons (Fsp3) is 0.227. The van der Waals surface area contributed by atoms with Crippen LogP contribution in [0.1, 0.15) is 26.5 Å². The Morgan fingerprint density at radius 3 is 2.34 bits per heavy atom. The van der Waals surface area contributed by atoms with Gasteiger partial charge in [0.05, 0.1) is 6.26 Å². The third kappa shape index (κ3) is 4.70. The number of nitrogens with zero attached hydrogens (tertiary/aromatic N) is 3. The Morgan fingerprint density at radius 2 is 1.69 bits per heavy atom. The van der Waals surface area contributed by atoms with E-state index in [-0.39, 0.29) is 17.6 Å². The molecule has 7 nitrogen and oxygen atoms in total. The lowest BCUT2D eigenvalue weighted by Crippen LogP contribution is -2.48. The molecule has 148 valence electrons. The first kappa shape index (κ1) is 18.9. The zero-order valence-corrected chi connectivity index (χ0v) is 16.0. The van der Waals surface area contributed by atoms with E-state index in [0.717, 1.165) is 19.6 Å². The minimum absolute atomic E-state index is 0.0115. The minimum atomic E-state index is -0.320. The smallest absolute Gasteiger partial charge is 0.291 e. The molecule has 0 unspecified atom stereocenters. The second kappa shape index (κ2) is 8.70. The molecule has 0 bridgehead atoms. The third-order valence-corrected chi connectivity index (χ3v) is 4.95. The molecule has 0 atom stereocenters. The molecule has 7 heteroatoms. The fourth-order valence-corrected chi connectivity index (χ4v) is 3.33. The highest BCUT2D eigenvalue weighted by molar-refractivity contribution is 6.02. The Labute approximate surface area is 169 Å². The van der Waals surface area contributed by atoms with Crippen LogP contribution in [0, 0.1) is 0 Å². The largest absolute Gasteiger partial charge is 0.459 e. The highest BCUT2D eigenvalue weighted by Crippen LogP contribution is 2.15. The molecule has 1 aliphatic rings. The van der Waals surface area contributed by atoms with E-state index in [2.05, 4.69) is 15.2 Å². The van der Waals surface area contributed by atoms with E-state index >= 15 is 0 Å². The molecule has 0 saturated carbocycles. The average Bonchev–Trinajstić information content (AvgIpc) is 3.30. The van der Waals surface area contributed by atoms with E-state index in [0.29, 0.717) is 24.3 Å². The summed E-state index contributed by atoms with van der Waals surface area (Å²) in [6.45, 7) is 3.94. The number of carbonyl (C=O) groups excluding carboxylic acids is 2. The summed E-state index contributed by atoms with van der Waals surface area (Å²) in [6, 6.07) is 14.2. The summed E-state index contributed by atoms with van der Waals surface area (Å²) >= 11 is 0. The Hall–Kier alpha value is -3.45. The van der Waals surface area contributed by atoms with Crippen molar-refractivity contribution in [3.05, 3.63) is 84.1 Å². The van der Waals surface area contributed by atoms with Gasteiger partial charge in [0, 0.05) is 56.4 Å². The van der Waals surface area contributed by atoms with E-state index < -0.39 is 0 Å². The predicted octanol–water partition coefficient (Wildman–Crippen LogP) is 2.88. The number of benzene rings is 1. The Balaban J connectivity index is 1.30. The van der Waals surface area contributed by atoms with Crippen molar-refractivity contribution in [2.75, 3.05) is 31.5 Å². The number of hydrogen-bond donors (Lipinski definition) is 1. The minimum Gasteiger partial charge on any atom is -0.459 e. The number of pyridine rings is 1. The Kier molecular flexibility index (Phi) is 5.67. The van der Waals surface area contributed by atoms with Gasteiger partial charge in [-0.3, -0.25) is 19.5 Å². The maximum Gasteiger partial charge on any atom is 0.291 e. The molecule has 1 fully saturated rings. The van der Waals surface area contributed by atoms with Gasteiger partial charge in [0.15, 0.2) is 5.76 Å². The van der Waals surface area contributed by atoms with Crippen LogP contribution in [0.4, 0.5) is 5.69 Å². The van der Waals surface area contributed by atoms with Crippen LogP contribution in [-0.2, 0) is 6.54 Å². The molecule has 0 spiro atoms. The van der Waals surface area contributed by atoms with Crippen LogP contribution in [0.3, 0.4) is 0 Å². The first-order valence-electron chi connectivity index (χ1n) is 9.54. The standard InChI is InChI=1S/C22H22N4O3/c27-21(20-2-1-15-29-20)24-19-5-3-18(4-6-19)22(28)26-13-11-25(12-14-26)16-17-7-9-23-10-8-17/h1-10,15H,11-14,16H2,(H,24,27). The van der Waals surface area contributed by atoms with Crippen LogP contribution in [0.2, 0.25) is 0 Å². The molecule has 0 radical (unpaired) electrons. The van der Waals surface area contributed by atoms with Gasteiger partial charge >= 0.3 is 0 Å². The average molecular weight is 390 g/mol. The van der Waals surface area contributed by atoms with E-state index in [1.54, 1.807) is 48.8 Å². The van der Waals surface area contributed by atoms with Crippen molar-refractivity contribution in [1.82, 2.24) is 14.8 Å². The monoisotopic (exact) mass is 390 g/mol. The van der Waals surface area contributed by atoms with Crippen molar-refractivity contribution >= 4 is 17.5 Å². The summed E-state index contributed by atoms with van der Waals surface area (Å²) in [7, 11) is 0. The lowest BCUT2D eigenvalue weighted by Gasteiger charge is -2.34. The Bertz CT molecular complexity index is 947. The maximum absolute atomic E-state index is 12.8. The number of furan rings is 1. The van der Waals surface area contributed by atoms with Crippen LogP contribution in [0.15, 0.2) is 71.6 Å². The number of rotatable bonds is 5. The highest BCUT2D eigenvalue weighted by Gasteiger charge is 2.22. The number of nitrogens with one attached hydrogen (secondary N) is 1. The summed E-state index contributed by atoms with van der Waals surface area (Å²) in [6.07, 6.45) is 5.05. The zero-order chi connectivity index (χ0) is 20.1. The fourth-order valence-electron chi connectivity index (χ4n) is 3.33. The maximum atomic E-state index is 12.8. The van der Waals surface area contributed by atoms with Crippen molar-refractivity contribution in [2.24, 2.45) is 0 Å². The van der Waals surface area contributed by atoms with E-state index in [1.807, 2.05) is 17.0 Å². The molecule has 2 aromatic heterocycles. The number of carbonyl (C=O) groups is 2. The van der Waals surface area contributed by atoms with Crippen LogP contribution in [-0.4, -0.2) is 52.8 Å². The summed E-state index contributed by atoms with van der Waals surface area (Å²) in [4.78, 5) is 33.1. The van der Waals surface area contributed by atoms with Gasteiger partial charge in [0.1, 0.15) is 0 Å². The van der Waals surface area contributed by atoms with Gasteiger partial charge in [0.25, 0.3) is 11.8 Å². The van der Waals surface area contributed by atoms with Crippen molar-refractivity contribution in [1.29, 1.82) is 0 Å². The molecule has 1 aliphatic heterocycles.